The molecule has 2 aromatic rings. The number of halogens is 1. The van der Waals surface area contributed by atoms with Crippen molar-refractivity contribution in [3.05, 3.63) is 64.7 Å². The van der Waals surface area contributed by atoms with Gasteiger partial charge >= 0.3 is 5.97 Å². The van der Waals surface area contributed by atoms with Gasteiger partial charge in [0, 0.05) is 0 Å². The zero-order chi connectivity index (χ0) is 15.6. The highest BCUT2D eigenvalue weighted by Gasteiger charge is 2.46. The van der Waals surface area contributed by atoms with Crippen LogP contribution in [0.3, 0.4) is 0 Å². The number of ether oxygens (including phenoxy) is 1. The second-order valence-corrected chi connectivity index (χ2v) is 6.07. The van der Waals surface area contributed by atoms with Gasteiger partial charge in [0.05, 0.1) is 10.4 Å². The molecule has 2 aromatic carbocycles. The minimum absolute atomic E-state index is 0.435. The van der Waals surface area contributed by atoms with Crippen molar-refractivity contribution in [2.24, 2.45) is 0 Å². The highest BCUT2D eigenvalue weighted by molar-refractivity contribution is 6.32. The van der Waals surface area contributed by atoms with Crippen LogP contribution < -0.4 is 4.74 Å². The van der Waals surface area contributed by atoms with Crippen molar-refractivity contribution < 1.29 is 14.6 Å². The van der Waals surface area contributed by atoms with Crippen LogP contribution in [0.2, 0.25) is 5.02 Å². The van der Waals surface area contributed by atoms with Crippen molar-refractivity contribution >= 4 is 17.6 Å². The first-order valence-corrected chi connectivity index (χ1v) is 7.70. The highest BCUT2D eigenvalue weighted by atomic mass is 35.5. The molecule has 0 atom stereocenters. The number of carboxylic acids is 1. The van der Waals surface area contributed by atoms with Gasteiger partial charge in [-0.25, -0.2) is 0 Å². The van der Waals surface area contributed by atoms with E-state index >= 15 is 0 Å². The number of carbonyl (C=O) groups is 1. The van der Waals surface area contributed by atoms with Crippen LogP contribution in [0.4, 0.5) is 0 Å². The molecule has 1 fully saturated rings. The fourth-order valence-electron chi connectivity index (χ4n) is 2.81. The van der Waals surface area contributed by atoms with E-state index in [0.29, 0.717) is 30.2 Å². The minimum atomic E-state index is -0.771. The van der Waals surface area contributed by atoms with E-state index in [1.807, 2.05) is 36.4 Å². The molecule has 1 saturated carbocycles. The number of carboxylic acid groups (broad SMARTS) is 1. The highest BCUT2D eigenvalue weighted by Crippen LogP contribution is 2.45. The van der Waals surface area contributed by atoms with Crippen molar-refractivity contribution in [2.45, 2.75) is 31.3 Å². The Labute approximate surface area is 134 Å². The molecule has 1 N–H and O–H groups in total. The zero-order valence-corrected chi connectivity index (χ0v) is 12.8. The molecule has 3 rings (SSSR count). The normalized spacial score (nSPS) is 15.9. The quantitative estimate of drug-likeness (QED) is 0.888. The third kappa shape index (κ3) is 2.69. The van der Waals surface area contributed by atoms with E-state index in [1.54, 1.807) is 12.1 Å². The SMILES string of the molecule is O=C(O)C1(c2ccc(OCc3ccccc3)c(Cl)c2)CCC1. The Kier molecular flexibility index (Phi) is 4.08. The number of benzene rings is 2. The van der Waals surface area contributed by atoms with Gasteiger partial charge < -0.3 is 9.84 Å². The average molecular weight is 317 g/mol. The van der Waals surface area contributed by atoms with E-state index in [-0.39, 0.29) is 0 Å². The summed E-state index contributed by atoms with van der Waals surface area (Å²) in [6, 6.07) is 15.1. The largest absolute Gasteiger partial charge is 0.487 e. The number of rotatable bonds is 5. The van der Waals surface area contributed by atoms with Gasteiger partial charge in [-0.05, 0) is 36.1 Å². The maximum absolute atomic E-state index is 11.5. The van der Waals surface area contributed by atoms with Crippen molar-refractivity contribution in [3.63, 3.8) is 0 Å². The van der Waals surface area contributed by atoms with Gasteiger partial charge in [0.25, 0.3) is 0 Å². The summed E-state index contributed by atoms with van der Waals surface area (Å²) in [4.78, 5) is 11.5. The molecule has 0 bridgehead atoms. The molecule has 3 nitrogen and oxygen atoms in total. The van der Waals surface area contributed by atoms with E-state index in [4.69, 9.17) is 16.3 Å². The Hall–Kier alpha value is -2.00. The zero-order valence-electron chi connectivity index (χ0n) is 12.1. The molecule has 0 radical (unpaired) electrons. The van der Waals surface area contributed by atoms with E-state index < -0.39 is 11.4 Å². The van der Waals surface area contributed by atoms with Crippen LogP contribution in [-0.2, 0) is 16.8 Å². The van der Waals surface area contributed by atoms with Gasteiger partial charge in [-0.2, -0.15) is 0 Å². The second kappa shape index (κ2) is 6.01. The van der Waals surface area contributed by atoms with Gasteiger partial charge in [-0.15, -0.1) is 0 Å². The molecule has 114 valence electrons. The molecule has 0 aliphatic heterocycles. The summed E-state index contributed by atoms with van der Waals surface area (Å²) in [7, 11) is 0. The molecule has 1 aliphatic rings. The molecule has 0 aromatic heterocycles. The van der Waals surface area contributed by atoms with Gasteiger partial charge in [0.15, 0.2) is 0 Å². The molecule has 0 unspecified atom stereocenters. The summed E-state index contributed by atoms with van der Waals surface area (Å²) in [5.74, 6) is -0.193. The van der Waals surface area contributed by atoms with Crippen LogP contribution in [0.25, 0.3) is 0 Å². The fourth-order valence-corrected chi connectivity index (χ4v) is 3.04. The minimum Gasteiger partial charge on any atom is -0.487 e. The Morgan fingerprint density at radius 1 is 1.18 bits per heavy atom. The van der Waals surface area contributed by atoms with Gasteiger partial charge in [-0.3, -0.25) is 4.79 Å². The Balaban J connectivity index is 1.77. The molecule has 0 saturated heterocycles. The van der Waals surface area contributed by atoms with Gasteiger partial charge in [0.1, 0.15) is 12.4 Å². The monoisotopic (exact) mass is 316 g/mol. The summed E-state index contributed by atoms with van der Waals surface area (Å²) in [5, 5.41) is 9.93. The van der Waals surface area contributed by atoms with Gasteiger partial charge in [0.2, 0.25) is 0 Å². The average Bonchev–Trinajstić information content (AvgIpc) is 2.46. The maximum atomic E-state index is 11.5. The maximum Gasteiger partial charge on any atom is 0.314 e. The summed E-state index contributed by atoms with van der Waals surface area (Å²) < 4.78 is 5.72. The standard InChI is InChI=1S/C18H17ClO3/c19-15-11-14(18(17(20)21)9-4-10-18)7-8-16(15)22-12-13-5-2-1-3-6-13/h1-3,5-8,11H,4,9-10,12H2,(H,20,21). The smallest absolute Gasteiger partial charge is 0.314 e. The first-order valence-electron chi connectivity index (χ1n) is 7.32. The lowest BCUT2D eigenvalue weighted by atomic mass is 9.64. The lowest BCUT2D eigenvalue weighted by molar-refractivity contribution is -0.147. The first-order chi connectivity index (χ1) is 10.6. The fraction of sp³-hybridized carbons (Fsp3) is 0.278. The summed E-state index contributed by atoms with van der Waals surface area (Å²) >= 11 is 6.27. The molecule has 4 heteroatoms. The Morgan fingerprint density at radius 3 is 2.45 bits per heavy atom. The molecule has 0 spiro atoms. The number of hydrogen-bond acceptors (Lipinski definition) is 2. The molecule has 0 heterocycles. The Bertz CT molecular complexity index is 678. The summed E-state index contributed by atoms with van der Waals surface area (Å²) in [6.07, 6.45) is 2.28. The van der Waals surface area contributed by atoms with Crippen LogP contribution in [0.1, 0.15) is 30.4 Å². The molecular weight excluding hydrogens is 300 g/mol. The topological polar surface area (TPSA) is 46.5 Å². The van der Waals surface area contributed by atoms with Crippen LogP contribution in [-0.4, -0.2) is 11.1 Å². The lowest BCUT2D eigenvalue weighted by Crippen LogP contribution is -2.42. The van der Waals surface area contributed by atoms with E-state index in [1.165, 1.54) is 0 Å². The molecular formula is C18H17ClO3. The number of hydrogen-bond donors (Lipinski definition) is 1. The predicted molar refractivity (Wildman–Crippen MR) is 85.4 cm³/mol. The van der Waals surface area contributed by atoms with Crippen molar-refractivity contribution in [1.29, 1.82) is 0 Å². The van der Waals surface area contributed by atoms with Crippen LogP contribution in [0.5, 0.6) is 5.75 Å². The van der Waals surface area contributed by atoms with E-state index in [9.17, 15) is 9.90 Å². The third-order valence-electron chi connectivity index (χ3n) is 4.34. The second-order valence-electron chi connectivity index (χ2n) is 5.66. The van der Waals surface area contributed by atoms with Gasteiger partial charge in [-0.1, -0.05) is 54.4 Å². The van der Waals surface area contributed by atoms with Crippen LogP contribution >= 0.6 is 11.6 Å². The summed E-state index contributed by atoms with van der Waals surface area (Å²) in [5.41, 5.74) is 1.06. The molecule has 0 amide bonds. The van der Waals surface area contributed by atoms with Crippen LogP contribution in [0.15, 0.2) is 48.5 Å². The summed E-state index contributed by atoms with van der Waals surface area (Å²) in [6.45, 7) is 0.435. The van der Waals surface area contributed by atoms with Crippen molar-refractivity contribution in [3.8, 4) is 5.75 Å². The third-order valence-corrected chi connectivity index (χ3v) is 4.63. The lowest BCUT2D eigenvalue weighted by Gasteiger charge is -2.38. The number of aliphatic carboxylic acids is 1. The Morgan fingerprint density at radius 2 is 1.91 bits per heavy atom. The molecule has 1 aliphatic carbocycles. The van der Waals surface area contributed by atoms with Crippen LogP contribution in [0, 0.1) is 0 Å². The molecule has 22 heavy (non-hydrogen) atoms. The van der Waals surface area contributed by atoms with Crippen molar-refractivity contribution in [1.82, 2.24) is 0 Å². The van der Waals surface area contributed by atoms with E-state index in [2.05, 4.69) is 0 Å². The predicted octanol–water partition coefficient (Wildman–Crippen LogP) is 4.43. The first kappa shape index (κ1) is 14.9. The van der Waals surface area contributed by atoms with E-state index in [0.717, 1.165) is 17.5 Å². The van der Waals surface area contributed by atoms with Crippen molar-refractivity contribution in [2.75, 3.05) is 0 Å².